The van der Waals surface area contributed by atoms with E-state index in [0.29, 0.717) is 41.6 Å². The Balaban J connectivity index is 1.55. The van der Waals surface area contributed by atoms with E-state index in [9.17, 15) is 4.39 Å². The van der Waals surface area contributed by atoms with E-state index in [0.717, 1.165) is 24.2 Å². The van der Waals surface area contributed by atoms with Crippen molar-refractivity contribution in [1.29, 1.82) is 0 Å². The molecule has 1 aliphatic carbocycles. The summed E-state index contributed by atoms with van der Waals surface area (Å²) in [5.74, 6) is 1.44. The number of nitrogens with zero attached hydrogens (tertiary/aromatic N) is 5. The van der Waals surface area contributed by atoms with Gasteiger partial charge in [-0.1, -0.05) is 6.58 Å². The molecule has 2 bridgehead atoms. The van der Waals surface area contributed by atoms with Crippen LogP contribution in [0.15, 0.2) is 31.2 Å². The summed E-state index contributed by atoms with van der Waals surface area (Å²) in [4.78, 5) is 11.3. The van der Waals surface area contributed by atoms with Crippen LogP contribution in [-0.2, 0) is 6.54 Å². The van der Waals surface area contributed by atoms with Crippen LogP contribution in [0.25, 0.3) is 11.3 Å². The molecule has 154 valence electrons. The number of nitrogens with one attached hydrogen (secondary N) is 1. The first-order chi connectivity index (χ1) is 14.6. The highest BCUT2D eigenvalue weighted by Gasteiger charge is 2.44. The largest absolute Gasteiger partial charge is 0.483 e. The minimum Gasteiger partial charge on any atom is -0.483 e. The molecule has 30 heavy (non-hydrogen) atoms. The maximum absolute atomic E-state index is 14.1. The third-order valence-electron chi connectivity index (χ3n) is 6.04. The van der Waals surface area contributed by atoms with Gasteiger partial charge in [0.1, 0.15) is 18.0 Å². The second-order valence-electron chi connectivity index (χ2n) is 8.09. The van der Waals surface area contributed by atoms with Crippen molar-refractivity contribution in [3.8, 4) is 11.6 Å². The summed E-state index contributed by atoms with van der Waals surface area (Å²) in [7, 11) is 0. The van der Waals surface area contributed by atoms with Crippen molar-refractivity contribution < 1.29 is 13.9 Å². The summed E-state index contributed by atoms with van der Waals surface area (Å²) in [5, 5.41) is 7.72. The Morgan fingerprint density at radius 3 is 3.00 bits per heavy atom. The topological polar surface area (TPSA) is 76.8 Å². The van der Waals surface area contributed by atoms with Crippen LogP contribution in [0.5, 0.6) is 11.6 Å². The molecule has 1 N–H and O–H groups in total. The highest BCUT2D eigenvalue weighted by molar-refractivity contribution is 5.75. The molecule has 2 aliphatic heterocycles. The molecule has 5 heterocycles. The van der Waals surface area contributed by atoms with E-state index in [1.165, 1.54) is 12.3 Å². The van der Waals surface area contributed by atoms with Gasteiger partial charge >= 0.3 is 0 Å². The number of aromatic nitrogens is 4. The zero-order valence-electron chi connectivity index (χ0n) is 16.5. The van der Waals surface area contributed by atoms with Crippen molar-refractivity contribution in [1.82, 2.24) is 24.9 Å². The van der Waals surface area contributed by atoms with E-state index in [1.54, 1.807) is 10.7 Å². The van der Waals surface area contributed by atoms with E-state index < -0.39 is 0 Å². The Bertz CT molecular complexity index is 1180. The summed E-state index contributed by atoms with van der Waals surface area (Å²) >= 11 is 0. The van der Waals surface area contributed by atoms with Gasteiger partial charge in [0.05, 0.1) is 43.3 Å². The lowest BCUT2D eigenvalue weighted by Gasteiger charge is -2.48. The number of rotatable bonds is 0. The highest BCUT2D eigenvalue weighted by atomic mass is 19.1. The molecule has 0 saturated heterocycles. The molecule has 6 rings (SSSR count). The minimum absolute atomic E-state index is 0.0870. The van der Waals surface area contributed by atoms with E-state index >= 15 is 0 Å². The third-order valence-corrected chi connectivity index (χ3v) is 6.04. The Labute approximate surface area is 172 Å². The van der Waals surface area contributed by atoms with Gasteiger partial charge in [-0.2, -0.15) is 5.10 Å². The molecule has 3 atom stereocenters. The number of anilines is 1. The molecule has 9 heteroatoms. The molecule has 0 unspecified atom stereocenters. The number of hydrogen-bond donors (Lipinski definition) is 1. The molecular formula is C21H21FN6O2. The molecule has 1 saturated carbocycles. The van der Waals surface area contributed by atoms with Crippen molar-refractivity contribution in [3.63, 3.8) is 0 Å². The van der Waals surface area contributed by atoms with Gasteiger partial charge in [0, 0.05) is 11.3 Å². The van der Waals surface area contributed by atoms with Gasteiger partial charge in [-0.25, -0.2) is 18.9 Å². The number of ether oxygens (including phenoxy) is 2. The normalized spacial score (nSPS) is 24.9. The molecule has 0 aromatic carbocycles. The van der Waals surface area contributed by atoms with Crippen LogP contribution in [0.1, 0.15) is 30.9 Å². The fourth-order valence-corrected chi connectivity index (χ4v) is 4.31. The van der Waals surface area contributed by atoms with E-state index in [4.69, 9.17) is 14.5 Å². The van der Waals surface area contributed by atoms with Gasteiger partial charge in [0.25, 0.3) is 0 Å². The van der Waals surface area contributed by atoms with Crippen LogP contribution in [-0.4, -0.2) is 44.4 Å². The van der Waals surface area contributed by atoms with Gasteiger partial charge in [0.15, 0.2) is 17.2 Å². The first-order valence-electron chi connectivity index (χ1n) is 10.1. The molecule has 0 radical (unpaired) electrons. The standard InChI is InChI=1S/C21H21FN6O2/c1-11-6-23-12(2)15-8-25-28-10-18-20(26-19(15)28)27(16-3-4-17(16)30-18)9-13-5-14(22)7-24-21(13)29-11/h5,7-8,10-11,16-17,23H,2-4,6,9H2,1H3/t11-,16+,17-/m0/s1. The molecular weight excluding hydrogens is 387 g/mol. The van der Waals surface area contributed by atoms with Crippen LogP contribution < -0.4 is 19.7 Å². The lowest BCUT2D eigenvalue weighted by molar-refractivity contribution is 0.0714. The van der Waals surface area contributed by atoms with Crippen molar-refractivity contribution >= 4 is 17.2 Å². The SMILES string of the molecule is C=C1NC[C@H](C)Oc2ncc(F)cc2CN2c3nc4c1cnn4cc3O[C@H]1CC[C@H]12. The summed E-state index contributed by atoms with van der Waals surface area (Å²) in [6, 6.07) is 1.67. The molecule has 3 aromatic rings. The fraction of sp³-hybridized carbons (Fsp3) is 0.381. The average Bonchev–Trinajstić information content (AvgIpc) is 3.11. The van der Waals surface area contributed by atoms with Crippen molar-refractivity contribution in [2.75, 3.05) is 11.4 Å². The predicted octanol–water partition coefficient (Wildman–Crippen LogP) is 2.53. The number of pyridine rings is 1. The third kappa shape index (κ3) is 2.61. The van der Waals surface area contributed by atoms with Gasteiger partial charge < -0.3 is 19.7 Å². The zero-order chi connectivity index (χ0) is 20.4. The van der Waals surface area contributed by atoms with Gasteiger partial charge in [0.2, 0.25) is 5.88 Å². The number of fused-ring (bicyclic) bond motifs is 3. The van der Waals surface area contributed by atoms with Crippen LogP contribution in [0.4, 0.5) is 10.2 Å². The summed E-state index contributed by atoms with van der Waals surface area (Å²) in [6.07, 6.45) is 6.66. The summed E-state index contributed by atoms with van der Waals surface area (Å²) in [6.45, 7) is 7.04. The maximum atomic E-state index is 14.1. The van der Waals surface area contributed by atoms with Crippen LogP contribution in [0, 0.1) is 5.82 Å². The average molecular weight is 408 g/mol. The van der Waals surface area contributed by atoms with Crippen LogP contribution >= 0.6 is 0 Å². The molecule has 1 fully saturated rings. The molecule has 3 aliphatic rings. The quantitative estimate of drug-likeness (QED) is 0.613. The lowest BCUT2D eigenvalue weighted by Crippen LogP contribution is -2.56. The molecule has 0 spiro atoms. The van der Waals surface area contributed by atoms with E-state index in [-0.39, 0.29) is 24.1 Å². The van der Waals surface area contributed by atoms with Crippen LogP contribution in [0.3, 0.4) is 0 Å². The molecule has 0 amide bonds. The van der Waals surface area contributed by atoms with E-state index in [2.05, 4.69) is 26.9 Å². The first kappa shape index (κ1) is 17.5. The van der Waals surface area contributed by atoms with Crippen LogP contribution in [0.2, 0.25) is 0 Å². The first-order valence-corrected chi connectivity index (χ1v) is 10.1. The molecule has 3 aromatic heterocycles. The monoisotopic (exact) mass is 408 g/mol. The second kappa shape index (κ2) is 6.32. The fourth-order valence-electron chi connectivity index (χ4n) is 4.31. The van der Waals surface area contributed by atoms with Crippen molar-refractivity contribution in [2.24, 2.45) is 0 Å². The van der Waals surface area contributed by atoms with Crippen molar-refractivity contribution in [3.05, 3.63) is 48.2 Å². The number of halogens is 1. The van der Waals surface area contributed by atoms with Crippen molar-refractivity contribution in [2.45, 2.75) is 44.6 Å². The minimum atomic E-state index is -0.388. The van der Waals surface area contributed by atoms with Gasteiger partial charge in [-0.05, 0) is 25.8 Å². The zero-order valence-corrected chi connectivity index (χ0v) is 16.5. The number of hydrogen-bond acceptors (Lipinski definition) is 7. The highest BCUT2D eigenvalue weighted by Crippen LogP contribution is 2.43. The Morgan fingerprint density at radius 1 is 1.27 bits per heavy atom. The Kier molecular flexibility index (Phi) is 3.68. The maximum Gasteiger partial charge on any atom is 0.218 e. The Hall–Kier alpha value is -3.36. The smallest absolute Gasteiger partial charge is 0.218 e. The Morgan fingerprint density at radius 2 is 2.17 bits per heavy atom. The summed E-state index contributed by atoms with van der Waals surface area (Å²) < 4.78 is 28.1. The second-order valence-corrected chi connectivity index (χ2v) is 8.09. The van der Waals surface area contributed by atoms with Gasteiger partial charge in [-0.15, -0.1) is 0 Å². The summed E-state index contributed by atoms with van der Waals surface area (Å²) in [5.41, 5.74) is 2.92. The van der Waals surface area contributed by atoms with E-state index in [1.807, 2.05) is 13.1 Å². The predicted molar refractivity (Wildman–Crippen MR) is 108 cm³/mol. The molecule has 8 nitrogen and oxygen atoms in total. The van der Waals surface area contributed by atoms with Gasteiger partial charge in [-0.3, -0.25) is 0 Å². The lowest BCUT2D eigenvalue weighted by atomic mass is 9.86.